The summed E-state index contributed by atoms with van der Waals surface area (Å²) in [6.07, 6.45) is 3.52. The van der Waals surface area contributed by atoms with Gasteiger partial charge in [0.1, 0.15) is 0 Å². The third-order valence-electron chi connectivity index (χ3n) is 3.54. The van der Waals surface area contributed by atoms with Crippen LogP contribution in [0, 0.1) is 5.92 Å². The topological polar surface area (TPSA) is 12.0 Å². The first-order valence-corrected chi connectivity index (χ1v) is 8.56. The lowest BCUT2D eigenvalue weighted by atomic mass is 9.93. The van der Waals surface area contributed by atoms with Crippen LogP contribution in [0.3, 0.4) is 0 Å². The Bertz CT molecular complexity index is 478. The molecule has 0 aliphatic rings. The Labute approximate surface area is 131 Å². The predicted octanol–water partition coefficient (Wildman–Crippen LogP) is 4.80. The molecule has 0 saturated heterocycles. The Balaban J connectivity index is 1.90. The molecule has 1 nitrogen and oxygen atoms in total. The van der Waals surface area contributed by atoms with Crippen LogP contribution in [0.15, 0.2) is 41.1 Å². The van der Waals surface area contributed by atoms with Crippen molar-refractivity contribution in [3.05, 3.63) is 57.2 Å². The molecule has 0 radical (unpaired) electrons. The van der Waals surface area contributed by atoms with Gasteiger partial charge in [-0.2, -0.15) is 11.3 Å². The van der Waals surface area contributed by atoms with E-state index in [4.69, 9.17) is 11.6 Å². The summed E-state index contributed by atoms with van der Waals surface area (Å²) in [7, 11) is 0. The lowest BCUT2D eigenvalue weighted by molar-refractivity contribution is 0.449. The lowest BCUT2D eigenvalue weighted by Gasteiger charge is -2.17. The van der Waals surface area contributed by atoms with E-state index in [0.717, 1.165) is 24.5 Å². The average molecular weight is 308 g/mol. The molecule has 0 bridgehead atoms. The fourth-order valence-corrected chi connectivity index (χ4v) is 3.21. The maximum atomic E-state index is 5.95. The van der Waals surface area contributed by atoms with E-state index in [2.05, 4.69) is 41.2 Å². The summed E-state index contributed by atoms with van der Waals surface area (Å²) in [5, 5.41) is 8.72. The summed E-state index contributed by atoms with van der Waals surface area (Å²) < 4.78 is 0. The average Bonchev–Trinajstić information content (AvgIpc) is 2.97. The van der Waals surface area contributed by atoms with Gasteiger partial charge in [0.15, 0.2) is 0 Å². The molecule has 0 saturated carbocycles. The minimum Gasteiger partial charge on any atom is -0.317 e. The molecule has 1 heterocycles. The van der Waals surface area contributed by atoms with Crippen LogP contribution >= 0.6 is 22.9 Å². The van der Waals surface area contributed by atoms with Crippen LogP contribution in [0.2, 0.25) is 5.02 Å². The van der Waals surface area contributed by atoms with Gasteiger partial charge in [-0.05, 0) is 78.4 Å². The zero-order valence-corrected chi connectivity index (χ0v) is 13.5. The molecule has 1 atom stereocenters. The van der Waals surface area contributed by atoms with Crippen LogP contribution in [0.4, 0.5) is 0 Å². The Kier molecular flexibility index (Phi) is 6.58. The second-order valence-corrected chi connectivity index (χ2v) is 6.39. The van der Waals surface area contributed by atoms with Gasteiger partial charge in [-0.3, -0.25) is 0 Å². The minimum absolute atomic E-state index is 0.677. The van der Waals surface area contributed by atoms with Crippen molar-refractivity contribution in [3.63, 3.8) is 0 Å². The zero-order chi connectivity index (χ0) is 14.2. The molecule has 3 heteroatoms. The molecule has 0 aliphatic heterocycles. The minimum atomic E-state index is 0.677. The van der Waals surface area contributed by atoms with E-state index in [0.29, 0.717) is 5.92 Å². The molecule has 0 aliphatic carbocycles. The van der Waals surface area contributed by atoms with Crippen molar-refractivity contribution in [2.75, 3.05) is 13.1 Å². The first kappa shape index (κ1) is 15.6. The van der Waals surface area contributed by atoms with Crippen molar-refractivity contribution in [1.29, 1.82) is 0 Å². The summed E-state index contributed by atoms with van der Waals surface area (Å²) in [6, 6.07) is 10.5. The van der Waals surface area contributed by atoms with Crippen molar-refractivity contribution in [2.45, 2.75) is 26.2 Å². The number of halogens is 1. The van der Waals surface area contributed by atoms with E-state index in [1.54, 1.807) is 11.3 Å². The van der Waals surface area contributed by atoms with Gasteiger partial charge in [-0.1, -0.05) is 30.7 Å². The maximum absolute atomic E-state index is 5.95. The molecule has 0 spiro atoms. The Morgan fingerprint density at radius 3 is 2.60 bits per heavy atom. The third-order valence-corrected chi connectivity index (χ3v) is 4.53. The van der Waals surface area contributed by atoms with Crippen LogP contribution in [0.25, 0.3) is 0 Å². The van der Waals surface area contributed by atoms with Crippen LogP contribution in [0.5, 0.6) is 0 Å². The van der Waals surface area contributed by atoms with Gasteiger partial charge in [0.2, 0.25) is 0 Å². The molecule has 0 amide bonds. The van der Waals surface area contributed by atoms with E-state index in [1.807, 2.05) is 12.1 Å². The molecule has 1 aromatic heterocycles. The molecular weight excluding hydrogens is 286 g/mol. The Morgan fingerprint density at radius 1 is 1.15 bits per heavy atom. The Hall–Kier alpha value is -0.830. The summed E-state index contributed by atoms with van der Waals surface area (Å²) in [6.45, 7) is 4.29. The van der Waals surface area contributed by atoms with Gasteiger partial charge in [0, 0.05) is 5.02 Å². The molecule has 1 aromatic carbocycles. The fourth-order valence-electron chi connectivity index (χ4n) is 2.38. The highest BCUT2D eigenvalue weighted by Gasteiger charge is 2.10. The van der Waals surface area contributed by atoms with Gasteiger partial charge < -0.3 is 5.32 Å². The quantitative estimate of drug-likeness (QED) is 0.738. The molecule has 1 N–H and O–H groups in total. The number of hydrogen-bond donors (Lipinski definition) is 1. The molecule has 2 aromatic rings. The molecule has 0 fully saturated rings. The standard InChI is InChI=1S/C17H22ClNS/c1-2-19-12-16(4-3-15-9-10-20-13-15)11-14-5-7-17(18)8-6-14/h5-10,13,16,19H,2-4,11-12H2,1H3. The van der Waals surface area contributed by atoms with Crippen molar-refractivity contribution in [3.8, 4) is 0 Å². The van der Waals surface area contributed by atoms with Crippen LogP contribution in [0.1, 0.15) is 24.5 Å². The second-order valence-electron chi connectivity index (χ2n) is 5.17. The summed E-state index contributed by atoms with van der Waals surface area (Å²) in [4.78, 5) is 0. The van der Waals surface area contributed by atoms with Crippen molar-refractivity contribution >= 4 is 22.9 Å². The van der Waals surface area contributed by atoms with E-state index in [9.17, 15) is 0 Å². The van der Waals surface area contributed by atoms with E-state index >= 15 is 0 Å². The highest BCUT2D eigenvalue weighted by molar-refractivity contribution is 7.07. The highest BCUT2D eigenvalue weighted by atomic mass is 35.5. The first-order chi connectivity index (χ1) is 9.78. The largest absolute Gasteiger partial charge is 0.317 e. The van der Waals surface area contributed by atoms with Crippen LogP contribution in [-0.2, 0) is 12.8 Å². The zero-order valence-electron chi connectivity index (χ0n) is 11.9. The second kappa shape index (κ2) is 8.46. The van der Waals surface area contributed by atoms with Crippen molar-refractivity contribution in [2.24, 2.45) is 5.92 Å². The maximum Gasteiger partial charge on any atom is 0.0406 e. The smallest absolute Gasteiger partial charge is 0.0406 e. The SMILES string of the molecule is CCNCC(CCc1ccsc1)Cc1ccc(Cl)cc1. The van der Waals surface area contributed by atoms with Gasteiger partial charge in [0.25, 0.3) is 0 Å². The van der Waals surface area contributed by atoms with Crippen molar-refractivity contribution in [1.82, 2.24) is 5.32 Å². The van der Waals surface area contributed by atoms with Gasteiger partial charge >= 0.3 is 0 Å². The van der Waals surface area contributed by atoms with E-state index < -0.39 is 0 Å². The number of benzene rings is 1. The first-order valence-electron chi connectivity index (χ1n) is 7.24. The summed E-state index contributed by atoms with van der Waals surface area (Å²) in [5.74, 6) is 0.677. The van der Waals surface area contributed by atoms with Crippen LogP contribution in [-0.4, -0.2) is 13.1 Å². The molecule has 20 heavy (non-hydrogen) atoms. The summed E-state index contributed by atoms with van der Waals surface area (Å²) >= 11 is 7.73. The Morgan fingerprint density at radius 2 is 1.95 bits per heavy atom. The predicted molar refractivity (Wildman–Crippen MR) is 89.8 cm³/mol. The summed E-state index contributed by atoms with van der Waals surface area (Å²) in [5.41, 5.74) is 2.84. The van der Waals surface area contributed by atoms with E-state index in [-0.39, 0.29) is 0 Å². The molecule has 2 rings (SSSR count). The van der Waals surface area contributed by atoms with Gasteiger partial charge in [-0.25, -0.2) is 0 Å². The lowest BCUT2D eigenvalue weighted by Crippen LogP contribution is -2.24. The molecule has 108 valence electrons. The monoisotopic (exact) mass is 307 g/mol. The number of hydrogen-bond acceptors (Lipinski definition) is 2. The number of rotatable bonds is 8. The van der Waals surface area contributed by atoms with E-state index in [1.165, 1.54) is 24.0 Å². The highest BCUT2D eigenvalue weighted by Crippen LogP contribution is 2.18. The number of nitrogens with one attached hydrogen (secondary N) is 1. The fraction of sp³-hybridized carbons (Fsp3) is 0.412. The molecular formula is C17H22ClNS. The number of aryl methyl sites for hydroxylation is 1. The normalized spacial score (nSPS) is 12.5. The molecule has 1 unspecified atom stereocenters. The van der Waals surface area contributed by atoms with Gasteiger partial charge in [-0.15, -0.1) is 0 Å². The number of thiophene rings is 1. The van der Waals surface area contributed by atoms with Gasteiger partial charge in [0.05, 0.1) is 0 Å². The third kappa shape index (κ3) is 5.28. The van der Waals surface area contributed by atoms with Crippen LogP contribution < -0.4 is 5.32 Å². The van der Waals surface area contributed by atoms with Crippen molar-refractivity contribution < 1.29 is 0 Å².